The number of thiophene rings is 1. The first-order chi connectivity index (χ1) is 19.1. The maximum Gasteiger partial charge on any atom is 0.266 e. The second kappa shape index (κ2) is 11.6. The van der Waals surface area contributed by atoms with Gasteiger partial charge in [-0.25, -0.2) is 17.2 Å². The molecule has 1 N–H and O–H groups in total. The molecule has 5 rings (SSSR count). The zero-order valence-electron chi connectivity index (χ0n) is 22.1. The molecular formula is C30H29ClF2N2O3S2. The Bertz CT molecular complexity index is 1680. The number of rotatable bonds is 7. The average Bonchev–Trinajstić information content (AvgIpc) is 3.31. The standard InChI is InChI=1S/C30H29ClF2N2O3S2/c1-34-20-10-12-21(13-11-20)35(30(36)29-27(31)26-23(32)14-15-24(33)28(26)39-29)17-18-6-5-7-19(16-18)22-8-3-4-9-25(22)40(2,37)38/h3-9,14-16,20-21,34H,10-13,17H2,1-2H3. The van der Waals surface area contributed by atoms with Crippen LogP contribution in [0.4, 0.5) is 8.78 Å². The quantitative estimate of drug-likeness (QED) is 0.246. The topological polar surface area (TPSA) is 66.5 Å². The molecule has 0 spiro atoms. The molecular weight excluding hydrogens is 574 g/mol. The van der Waals surface area contributed by atoms with Crippen molar-refractivity contribution in [3.05, 3.63) is 87.8 Å². The average molecular weight is 603 g/mol. The van der Waals surface area contributed by atoms with E-state index in [9.17, 15) is 22.0 Å². The van der Waals surface area contributed by atoms with Crippen molar-refractivity contribution in [1.29, 1.82) is 0 Å². The van der Waals surface area contributed by atoms with Crippen molar-refractivity contribution < 1.29 is 22.0 Å². The predicted molar refractivity (Wildman–Crippen MR) is 157 cm³/mol. The lowest BCUT2D eigenvalue weighted by Gasteiger charge is -2.37. The highest BCUT2D eigenvalue weighted by atomic mass is 35.5. The van der Waals surface area contributed by atoms with Gasteiger partial charge >= 0.3 is 0 Å². The molecule has 40 heavy (non-hydrogen) atoms. The lowest BCUT2D eigenvalue weighted by molar-refractivity contribution is 0.0606. The van der Waals surface area contributed by atoms with E-state index in [0.29, 0.717) is 17.2 Å². The van der Waals surface area contributed by atoms with Gasteiger partial charge in [0.1, 0.15) is 16.5 Å². The number of carbonyl (C=O) groups excluding carboxylic acids is 1. The maximum absolute atomic E-state index is 14.6. The van der Waals surface area contributed by atoms with Crippen molar-refractivity contribution in [2.24, 2.45) is 0 Å². The summed E-state index contributed by atoms with van der Waals surface area (Å²) in [4.78, 5) is 16.1. The molecule has 0 aliphatic heterocycles. The summed E-state index contributed by atoms with van der Waals surface area (Å²) >= 11 is 7.38. The van der Waals surface area contributed by atoms with Crippen LogP contribution in [0.25, 0.3) is 21.2 Å². The smallest absolute Gasteiger partial charge is 0.266 e. The van der Waals surface area contributed by atoms with E-state index in [-0.39, 0.29) is 43.4 Å². The van der Waals surface area contributed by atoms with Crippen LogP contribution in [-0.2, 0) is 16.4 Å². The highest BCUT2D eigenvalue weighted by molar-refractivity contribution is 7.90. The van der Waals surface area contributed by atoms with Gasteiger partial charge in [0.2, 0.25) is 0 Å². The molecule has 0 saturated heterocycles. The van der Waals surface area contributed by atoms with Crippen molar-refractivity contribution in [3.8, 4) is 11.1 Å². The molecule has 5 nitrogen and oxygen atoms in total. The summed E-state index contributed by atoms with van der Waals surface area (Å²) in [5.74, 6) is -1.67. The number of carbonyl (C=O) groups is 1. The van der Waals surface area contributed by atoms with Gasteiger partial charge in [-0.05, 0) is 68.1 Å². The summed E-state index contributed by atoms with van der Waals surface area (Å²) in [5, 5.41) is 3.15. The fourth-order valence-corrected chi connectivity index (χ4v) is 7.89. The Morgan fingerprint density at radius 2 is 1.73 bits per heavy atom. The van der Waals surface area contributed by atoms with Crippen LogP contribution in [0.5, 0.6) is 0 Å². The van der Waals surface area contributed by atoms with E-state index in [1.54, 1.807) is 29.2 Å². The zero-order chi connectivity index (χ0) is 28.6. The van der Waals surface area contributed by atoms with Crippen LogP contribution < -0.4 is 5.32 Å². The van der Waals surface area contributed by atoms with E-state index >= 15 is 0 Å². The minimum atomic E-state index is -3.46. The van der Waals surface area contributed by atoms with Crippen molar-refractivity contribution in [2.75, 3.05) is 13.3 Å². The molecule has 0 bridgehead atoms. The van der Waals surface area contributed by atoms with Crippen LogP contribution in [0.1, 0.15) is 40.9 Å². The van der Waals surface area contributed by atoms with Gasteiger partial charge in [0.15, 0.2) is 9.84 Å². The Morgan fingerprint density at radius 1 is 1.02 bits per heavy atom. The van der Waals surface area contributed by atoms with Gasteiger partial charge in [0, 0.05) is 30.4 Å². The second-order valence-electron chi connectivity index (χ2n) is 10.2. The third-order valence-corrected chi connectivity index (χ3v) is 10.4. The Balaban J connectivity index is 1.54. The predicted octanol–water partition coefficient (Wildman–Crippen LogP) is 7.08. The number of amides is 1. The molecule has 0 atom stereocenters. The Labute approximate surface area is 241 Å². The lowest BCUT2D eigenvalue weighted by Crippen LogP contribution is -2.44. The first-order valence-corrected chi connectivity index (χ1v) is 16.1. The summed E-state index contributed by atoms with van der Waals surface area (Å²) < 4.78 is 54.0. The fourth-order valence-electron chi connectivity index (χ4n) is 5.47. The van der Waals surface area contributed by atoms with Gasteiger partial charge in [-0.15, -0.1) is 11.3 Å². The summed E-state index contributed by atoms with van der Waals surface area (Å²) in [7, 11) is -1.54. The largest absolute Gasteiger partial charge is 0.331 e. The molecule has 10 heteroatoms. The van der Waals surface area contributed by atoms with Crippen molar-refractivity contribution in [3.63, 3.8) is 0 Å². The van der Waals surface area contributed by atoms with Crippen LogP contribution in [0, 0.1) is 11.6 Å². The first-order valence-electron chi connectivity index (χ1n) is 13.0. The molecule has 1 aromatic heterocycles. The van der Waals surface area contributed by atoms with E-state index < -0.39 is 21.5 Å². The number of nitrogens with zero attached hydrogens (tertiary/aromatic N) is 1. The Kier molecular flexibility index (Phi) is 8.29. The van der Waals surface area contributed by atoms with Crippen molar-refractivity contribution in [1.82, 2.24) is 10.2 Å². The highest BCUT2D eigenvalue weighted by Gasteiger charge is 2.32. The third kappa shape index (κ3) is 5.65. The van der Waals surface area contributed by atoms with Crippen molar-refractivity contribution in [2.45, 2.75) is 49.2 Å². The summed E-state index contributed by atoms with van der Waals surface area (Å²) in [5.41, 5.74) is 2.10. The van der Waals surface area contributed by atoms with E-state index in [4.69, 9.17) is 11.6 Å². The minimum Gasteiger partial charge on any atom is -0.331 e. The molecule has 1 aliphatic rings. The molecule has 1 heterocycles. The molecule has 1 amide bonds. The van der Waals surface area contributed by atoms with Gasteiger partial charge in [0.25, 0.3) is 5.91 Å². The van der Waals surface area contributed by atoms with Gasteiger partial charge < -0.3 is 10.2 Å². The number of fused-ring (bicyclic) bond motifs is 1. The summed E-state index contributed by atoms with van der Waals surface area (Å²) in [6.07, 6.45) is 4.47. The molecule has 1 saturated carbocycles. The SMILES string of the molecule is CNC1CCC(N(Cc2cccc(-c3ccccc3S(C)(=O)=O)c2)C(=O)c2sc3c(F)ccc(F)c3c2Cl)CC1. The minimum absolute atomic E-state index is 0.0200. The number of sulfone groups is 1. The van der Waals surface area contributed by atoms with Gasteiger partial charge in [-0.3, -0.25) is 4.79 Å². The van der Waals surface area contributed by atoms with Gasteiger partial charge in [-0.1, -0.05) is 48.0 Å². The summed E-state index contributed by atoms with van der Waals surface area (Å²) in [6, 6.07) is 16.6. The zero-order valence-corrected chi connectivity index (χ0v) is 24.5. The number of benzene rings is 3. The van der Waals surface area contributed by atoms with E-state index in [1.807, 2.05) is 31.3 Å². The second-order valence-corrected chi connectivity index (χ2v) is 13.6. The Morgan fingerprint density at radius 3 is 2.40 bits per heavy atom. The fraction of sp³-hybridized carbons (Fsp3) is 0.300. The van der Waals surface area contributed by atoms with Crippen LogP contribution >= 0.6 is 22.9 Å². The lowest BCUT2D eigenvalue weighted by atomic mass is 9.89. The molecule has 0 unspecified atom stereocenters. The number of hydrogen-bond donors (Lipinski definition) is 1. The van der Waals surface area contributed by atoms with E-state index in [1.165, 1.54) is 6.26 Å². The number of halogens is 3. The molecule has 4 aromatic rings. The van der Waals surface area contributed by atoms with Gasteiger partial charge in [0.05, 0.1) is 20.0 Å². The van der Waals surface area contributed by atoms with Crippen LogP contribution in [0.2, 0.25) is 5.02 Å². The normalized spacial score (nSPS) is 17.7. The highest BCUT2D eigenvalue weighted by Crippen LogP contribution is 2.40. The molecule has 1 fully saturated rings. The molecule has 210 valence electrons. The molecule has 3 aromatic carbocycles. The third-order valence-electron chi connectivity index (χ3n) is 7.56. The maximum atomic E-state index is 14.6. The van der Waals surface area contributed by atoms with Gasteiger partial charge in [-0.2, -0.15) is 0 Å². The van der Waals surface area contributed by atoms with E-state index in [0.717, 1.165) is 54.7 Å². The van der Waals surface area contributed by atoms with Crippen LogP contribution in [-0.4, -0.2) is 44.6 Å². The monoisotopic (exact) mass is 602 g/mol. The Hall–Kier alpha value is -2.85. The van der Waals surface area contributed by atoms with Crippen molar-refractivity contribution >= 4 is 48.8 Å². The number of hydrogen-bond acceptors (Lipinski definition) is 5. The van der Waals surface area contributed by atoms with Crippen LogP contribution in [0.3, 0.4) is 0 Å². The number of nitrogens with one attached hydrogen (secondary N) is 1. The molecule has 1 aliphatic carbocycles. The first kappa shape index (κ1) is 28.7. The summed E-state index contributed by atoms with van der Waals surface area (Å²) in [6.45, 7) is 0.234. The van der Waals surface area contributed by atoms with Crippen LogP contribution in [0.15, 0.2) is 65.6 Å². The van der Waals surface area contributed by atoms with E-state index in [2.05, 4.69) is 5.32 Å². The molecule has 0 radical (unpaired) electrons.